The molecule has 19 heavy (non-hydrogen) atoms. The number of nitrogens with one attached hydrogen (secondary N) is 2. The molecule has 1 heterocycles. The fraction of sp³-hybridized carbons (Fsp3) is 0.933. The van der Waals surface area contributed by atoms with Gasteiger partial charge in [0.05, 0.1) is 0 Å². The molecule has 0 aromatic heterocycles. The molecule has 0 spiro atoms. The Morgan fingerprint density at radius 3 is 2.68 bits per heavy atom. The van der Waals surface area contributed by atoms with Crippen LogP contribution in [0, 0.1) is 17.8 Å². The molecule has 1 amide bonds. The summed E-state index contributed by atoms with van der Waals surface area (Å²) in [7, 11) is 0. The number of piperidine rings is 1. The number of carbonyl (C=O) groups excluding carboxylic acids is 1. The van der Waals surface area contributed by atoms with E-state index in [0.717, 1.165) is 31.3 Å². The van der Waals surface area contributed by atoms with Gasteiger partial charge in [-0.25, -0.2) is 0 Å². The second kappa shape index (κ2) is 8.11. The van der Waals surface area contributed by atoms with Gasteiger partial charge in [0.1, 0.15) is 0 Å². The molecule has 0 bridgehead atoms. The molecule has 2 N–H and O–H groups in total. The molecule has 3 nitrogen and oxygen atoms in total. The Balaban J connectivity index is 0.00000180. The highest BCUT2D eigenvalue weighted by Crippen LogP contribution is 2.34. The van der Waals surface area contributed by atoms with Crippen molar-refractivity contribution in [3.05, 3.63) is 0 Å². The van der Waals surface area contributed by atoms with Gasteiger partial charge >= 0.3 is 0 Å². The number of rotatable bonds is 6. The second-order valence-corrected chi connectivity index (χ2v) is 6.23. The fourth-order valence-electron chi connectivity index (χ4n) is 3.25. The van der Waals surface area contributed by atoms with Crippen molar-refractivity contribution in [1.82, 2.24) is 10.6 Å². The quantitative estimate of drug-likeness (QED) is 0.789. The predicted molar refractivity (Wildman–Crippen MR) is 81.6 cm³/mol. The van der Waals surface area contributed by atoms with E-state index < -0.39 is 0 Å². The van der Waals surface area contributed by atoms with Crippen molar-refractivity contribution in [2.45, 2.75) is 58.4 Å². The molecule has 3 unspecified atom stereocenters. The van der Waals surface area contributed by atoms with Crippen LogP contribution in [-0.4, -0.2) is 25.0 Å². The van der Waals surface area contributed by atoms with Gasteiger partial charge in [-0.05, 0) is 56.5 Å². The molecule has 0 radical (unpaired) electrons. The molecule has 1 saturated heterocycles. The molecule has 0 aromatic rings. The van der Waals surface area contributed by atoms with E-state index in [9.17, 15) is 4.79 Å². The number of hydrogen-bond donors (Lipinski definition) is 2. The second-order valence-electron chi connectivity index (χ2n) is 6.23. The van der Waals surface area contributed by atoms with E-state index in [1.54, 1.807) is 0 Å². The van der Waals surface area contributed by atoms with Crippen molar-refractivity contribution < 1.29 is 4.79 Å². The van der Waals surface area contributed by atoms with Crippen LogP contribution < -0.4 is 10.6 Å². The molecular formula is C15H29ClN2O. The smallest absolute Gasteiger partial charge is 0.220 e. The van der Waals surface area contributed by atoms with Crippen molar-refractivity contribution in [3.8, 4) is 0 Å². The van der Waals surface area contributed by atoms with E-state index in [4.69, 9.17) is 0 Å². The van der Waals surface area contributed by atoms with Gasteiger partial charge in [-0.15, -0.1) is 12.4 Å². The molecule has 2 rings (SSSR count). The van der Waals surface area contributed by atoms with E-state index in [1.807, 2.05) is 0 Å². The van der Waals surface area contributed by atoms with Crippen LogP contribution in [0.2, 0.25) is 0 Å². The van der Waals surface area contributed by atoms with Crippen LogP contribution in [0.3, 0.4) is 0 Å². The minimum atomic E-state index is 0. The Morgan fingerprint density at radius 1 is 1.37 bits per heavy atom. The Morgan fingerprint density at radius 2 is 2.05 bits per heavy atom. The molecule has 112 valence electrons. The lowest BCUT2D eigenvalue weighted by molar-refractivity contribution is -0.122. The minimum Gasteiger partial charge on any atom is -0.353 e. The lowest BCUT2D eigenvalue weighted by Gasteiger charge is -2.27. The predicted octanol–water partition coefficient (Wildman–Crippen LogP) is 2.74. The minimum absolute atomic E-state index is 0. The molecule has 4 heteroatoms. The largest absolute Gasteiger partial charge is 0.353 e. The van der Waals surface area contributed by atoms with Crippen molar-refractivity contribution >= 4 is 18.3 Å². The lowest BCUT2D eigenvalue weighted by Crippen LogP contribution is -2.34. The van der Waals surface area contributed by atoms with E-state index >= 15 is 0 Å². The SMILES string of the molecule is CCCC1CC1NC(=O)CC(C)C1CCNCC1.Cl. The molecule has 1 aliphatic heterocycles. The Kier molecular flexibility index (Phi) is 7.16. The van der Waals surface area contributed by atoms with Crippen LogP contribution in [-0.2, 0) is 4.79 Å². The van der Waals surface area contributed by atoms with Gasteiger partial charge in [-0.1, -0.05) is 20.3 Å². The monoisotopic (exact) mass is 288 g/mol. The number of hydrogen-bond acceptors (Lipinski definition) is 2. The molecule has 2 fully saturated rings. The van der Waals surface area contributed by atoms with Gasteiger partial charge in [0.25, 0.3) is 0 Å². The van der Waals surface area contributed by atoms with Gasteiger partial charge < -0.3 is 10.6 Å². The zero-order chi connectivity index (χ0) is 13.0. The summed E-state index contributed by atoms with van der Waals surface area (Å²) < 4.78 is 0. The average molecular weight is 289 g/mol. The summed E-state index contributed by atoms with van der Waals surface area (Å²) in [6.07, 6.45) is 6.91. The van der Waals surface area contributed by atoms with Gasteiger partial charge in [0.15, 0.2) is 0 Å². The zero-order valence-corrected chi connectivity index (χ0v) is 13.1. The standard InChI is InChI=1S/C15H28N2O.ClH/c1-3-4-13-10-14(13)17-15(18)9-11(2)12-5-7-16-8-6-12;/h11-14,16H,3-10H2,1-2H3,(H,17,18);1H. The first kappa shape index (κ1) is 16.8. The number of carbonyl (C=O) groups is 1. The molecule has 0 aromatic carbocycles. The Hall–Kier alpha value is -0.280. The number of amides is 1. The normalized spacial score (nSPS) is 28.3. The van der Waals surface area contributed by atoms with Crippen LogP contribution in [0.15, 0.2) is 0 Å². The summed E-state index contributed by atoms with van der Waals surface area (Å²) in [5, 5.41) is 6.59. The fourth-order valence-corrected chi connectivity index (χ4v) is 3.25. The van der Waals surface area contributed by atoms with Gasteiger partial charge in [0, 0.05) is 12.5 Å². The number of halogens is 1. The first-order valence-corrected chi connectivity index (χ1v) is 7.70. The topological polar surface area (TPSA) is 41.1 Å². The summed E-state index contributed by atoms with van der Waals surface area (Å²) in [6.45, 7) is 6.71. The highest BCUT2D eigenvalue weighted by molar-refractivity contribution is 5.85. The van der Waals surface area contributed by atoms with E-state index in [1.165, 1.54) is 32.1 Å². The van der Waals surface area contributed by atoms with Crippen molar-refractivity contribution in [2.75, 3.05) is 13.1 Å². The highest BCUT2D eigenvalue weighted by Gasteiger charge is 2.37. The van der Waals surface area contributed by atoms with Crippen LogP contribution in [0.5, 0.6) is 0 Å². The van der Waals surface area contributed by atoms with Crippen LogP contribution >= 0.6 is 12.4 Å². The molecule has 1 aliphatic carbocycles. The summed E-state index contributed by atoms with van der Waals surface area (Å²) in [5.41, 5.74) is 0. The highest BCUT2D eigenvalue weighted by atomic mass is 35.5. The van der Waals surface area contributed by atoms with Gasteiger partial charge in [-0.2, -0.15) is 0 Å². The Bertz CT molecular complexity index is 279. The Labute approximate surface area is 123 Å². The zero-order valence-electron chi connectivity index (χ0n) is 12.3. The van der Waals surface area contributed by atoms with Crippen LogP contribution in [0.1, 0.15) is 52.4 Å². The first-order chi connectivity index (χ1) is 8.70. The maximum absolute atomic E-state index is 12.0. The van der Waals surface area contributed by atoms with Crippen molar-refractivity contribution in [1.29, 1.82) is 0 Å². The third-order valence-electron chi connectivity index (χ3n) is 4.62. The van der Waals surface area contributed by atoms with Crippen LogP contribution in [0.25, 0.3) is 0 Å². The van der Waals surface area contributed by atoms with E-state index in [2.05, 4.69) is 24.5 Å². The average Bonchev–Trinajstić information content (AvgIpc) is 3.08. The third-order valence-corrected chi connectivity index (χ3v) is 4.62. The lowest BCUT2D eigenvalue weighted by atomic mass is 9.84. The van der Waals surface area contributed by atoms with Gasteiger partial charge in [-0.3, -0.25) is 4.79 Å². The molecular weight excluding hydrogens is 260 g/mol. The van der Waals surface area contributed by atoms with E-state index in [-0.39, 0.29) is 18.3 Å². The molecule has 2 aliphatic rings. The molecule has 3 atom stereocenters. The first-order valence-electron chi connectivity index (χ1n) is 7.70. The van der Waals surface area contributed by atoms with Crippen LogP contribution in [0.4, 0.5) is 0 Å². The molecule has 1 saturated carbocycles. The summed E-state index contributed by atoms with van der Waals surface area (Å²) >= 11 is 0. The van der Waals surface area contributed by atoms with Crippen molar-refractivity contribution in [2.24, 2.45) is 17.8 Å². The summed E-state index contributed by atoms with van der Waals surface area (Å²) in [6, 6.07) is 0.498. The third kappa shape index (κ3) is 5.31. The summed E-state index contributed by atoms with van der Waals surface area (Å²) in [4.78, 5) is 12.0. The maximum Gasteiger partial charge on any atom is 0.220 e. The summed E-state index contributed by atoms with van der Waals surface area (Å²) in [5.74, 6) is 2.33. The van der Waals surface area contributed by atoms with Crippen molar-refractivity contribution in [3.63, 3.8) is 0 Å². The maximum atomic E-state index is 12.0. The van der Waals surface area contributed by atoms with Gasteiger partial charge in [0.2, 0.25) is 5.91 Å². The van der Waals surface area contributed by atoms with E-state index in [0.29, 0.717) is 12.0 Å².